The van der Waals surface area contributed by atoms with E-state index in [9.17, 15) is 4.79 Å². The Kier molecular flexibility index (Phi) is 3.49. The SMILES string of the molecule is Cc1cc(C)c2c(CC(=O)N[C@@H]3CCOC3)coc2c1. The molecule has 0 spiro atoms. The minimum Gasteiger partial charge on any atom is -0.464 e. The number of carbonyl (C=O) groups excluding carboxylic acids is 1. The molecule has 0 aliphatic carbocycles. The summed E-state index contributed by atoms with van der Waals surface area (Å²) < 4.78 is 10.8. The summed E-state index contributed by atoms with van der Waals surface area (Å²) in [6, 6.07) is 4.28. The van der Waals surface area contributed by atoms with E-state index in [1.165, 1.54) is 5.56 Å². The third-order valence-electron chi connectivity index (χ3n) is 3.74. The van der Waals surface area contributed by atoms with Crippen molar-refractivity contribution >= 4 is 16.9 Å². The van der Waals surface area contributed by atoms with E-state index in [0.717, 1.165) is 35.1 Å². The molecule has 1 amide bonds. The van der Waals surface area contributed by atoms with Gasteiger partial charge in [0.15, 0.2) is 0 Å². The van der Waals surface area contributed by atoms with Crippen molar-refractivity contribution in [2.75, 3.05) is 13.2 Å². The number of hydrogen-bond donors (Lipinski definition) is 1. The quantitative estimate of drug-likeness (QED) is 0.934. The van der Waals surface area contributed by atoms with Gasteiger partial charge < -0.3 is 14.5 Å². The smallest absolute Gasteiger partial charge is 0.224 e. The zero-order valence-electron chi connectivity index (χ0n) is 11.9. The first-order valence-electron chi connectivity index (χ1n) is 6.98. The van der Waals surface area contributed by atoms with Gasteiger partial charge in [-0.1, -0.05) is 6.07 Å². The summed E-state index contributed by atoms with van der Waals surface area (Å²) in [4.78, 5) is 12.1. The summed E-state index contributed by atoms with van der Waals surface area (Å²) >= 11 is 0. The molecular formula is C16H19NO3. The van der Waals surface area contributed by atoms with E-state index in [4.69, 9.17) is 9.15 Å². The van der Waals surface area contributed by atoms with E-state index in [0.29, 0.717) is 13.0 Å². The highest BCUT2D eigenvalue weighted by Gasteiger charge is 2.19. The number of ether oxygens (including phenoxy) is 1. The highest BCUT2D eigenvalue weighted by atomic mass is 16.5. The van der Waals surface area contributed by atoms with Crippen molar-refractivity contribution in [3.05, 3.63) is 35.1 Å². The molecule has 1 aliphatic rings. The molecular weight excluding hydrogens is 254 g/mol. The van der Waals surface area contributed by atoms with Gasteiger partial charge in [0.25, 0.3) is 0 Å². The molecule has 4 nitrogen and oxygen atoms in total. The molecule has 1 atom stereocenters. The maximum Gasteiger partial charge on any atom is 0.224 e. The molecule has 0 saturated carbocycles. The molecule has 1 aromatic heterocycles. The molecule has 1 saturated heterocycles. The van der Waals surface area contributed by atoms with Crippen LogP contribution in [-0.2, 0) is 16.0 Å². The Bertz CT molecular complexity index is 638. The Labute approximate surface area is 118 Å². The lowest BCUT2D eigenvalue weighted by molar-refractivity contribution is -0.121. The second-order valence-electron chi connectivity index (χ2n) is 5.52. The summed E-state index contributed by atoms with van der Waals surface area (Å²) in [6.45, 7) is 5.45. The van der Waals surface area contributed by atoms with E-state index >= 15 is 0 Å². The average Bonchev–Trinajstić information content (AvgIpc) is 2.99. The van der Waals surface area contributed by atoms with Crippen molar-refractivity contribution in [1.82, 2.24) is 5.32 Å². The van der Waals surface area contributed by atoms with Crippen molar-refractivity contribution in [3.63, 3.8) is 0 Å². The summed E-state index contributed by atoms with van der Waals surface area (Å²) in [5.74, 6) is 0.0307. The van der Waals surface area contributed by atoms with Crippen LogP contribution in [0, 0.1) is 13.8 Å². The molecule has 0 unspecified atom stereocenters. The van der Waals surface area contributed by atoms with Crippen molar-refractivity contribution in [2.24, 2.45) is 0 Å². The Hall–Kier alpha value is -1.81. The molecule has 2 heterocycles. The Balaban J connectivity index is 1.78. The van der Waals surface area contributed by atoms with E-state index in [2.05, 4.69) is 18.3 Å². The normalized spacial score (nSPS) is 18.6. The van der Waals surface area contributed by atoms with Gasteiger partial charge in [0, 0.05) is 17.6 Å². The summed E-state index contributed by atoms with van der Waals surface area (Å²) in [5, 5.41) is 4.07. The molecule has 2 aromatic rings. The van der Waals surface area contributed by atoms with Gasteiger partial charge in [-0.25, -0.2) is 0 Å². The number of carbonyl (C=O) groups is 1. The maximum atomic E-state index is 12.1. The molecule has 1 fully saturated rings. The van der Waals surface area contributed by atoms with Gasteiger partial charge in [0.2, 0.25) is 5.91 Å². The van der Waals surface area contributed by atoms with Crippen LogP contribution in [0.3, 0.4) is 0 Å². The van der Waals surface area contributed by atoms with Gasteiger partial charge in [0.05, 0.1) is 25.3 Å². The van der Waals surface area contributed by atoms with Crippen LogP contribution in [0.2, 0.25) is 0 Å². The maximum absolute atomic E-state index is 12.1. The molecule has 1 N–H and O–H groups in total. The largest absolute Gasteiger partial charge is 0.464 e. The zero-order chi connectivity index (χ0) is 14.1. The standard InChI is InChI=1S/C16H19NO3/c1-10-5-11(2)16-12(8-20-14(16)6-10)7-15(18)17-13-3-4-19-9-13/h5-6,8,13H,3-4,7,9H2,1-2H3,(H,17,18)/t13-/m1/s1. The van der Waals surface area contributed by atoms with Crippen LogP contribution < -0.4 is 5.32 Å². The highest BCUT2D eigenvalue weighted by molar-refractivity contribution is 5.90. The van der Waals surface area contributed by atoms with Gasteiger partial charge in [-0.15, -0.1) is 0 Å². The number of fused-ring (bicyclic) bond motifs is 1. The van der Waals surface area contributed by atoms with E-state index in [1.54, 1.807) is 6.26 Å². The van der Waals surface area contributed by atoms with Crippen LogP contribution >= 0.6 is 0 Å². The fourth-order valence-corrected chi connectivity index (χ4v) is 2.86. The van der Waals surface area contributed by atoms with Crippen LogP contribution in [0.4, 0.5) is 0 Å². The molecule has 4 heteroatoms. The molecule has 0 bridgehead atoms. The van der Waals surface area contributed by atoms with Gasteiger partial charge >= 0.3 is 0 Å². The van der Waals surface area contributed by atoms with Gasteiger partial charge in [0.1, 0.15) is 5.58 Å². The molecule has 1 aromatic carbocycles. The first-order chi connectivity index (χ1) is 9.63. The molecule has 0 radical (unpaired) electrons. The summed E-state index contributed by atoms with van der Waals surface area (Å²) in [5.41, 5.74) is 4.13. The predicted octanol–water partition coefficient (Wildman–Crippen LogP) is 2.50. The van der Waals surface area contributed by atoms with Gasteiger partial charge in [-0.3, -0.25) is 4.79 Å². The average molecular weight is 273 g/mol. The number of rotatable bonds is 3. The second kappa shape index (κ2) is 5.29. The number of furan rings is 1. The predicted molar refractivity (Wildman–Crippen MR) is 76.8 cm³/mol. The summed E-state index contributed by atoms with van der Waals surface area (Å²) in [7, 11) is 0. The van der Waals surface area contributed by atoms with Gasteiger partial charge in [-0.05, 0) is 37.5 Å². The number of benzene rings is 1. The molecule has 3 rings (SSSR count). The second-order valence-corrected chi connectivity index (χ2v) is 5.52. The van der Waals surface area contributed by atoms with Crippen molar-refractivity contribution in [3.8, 4) is 0 Å². The van der Waals surface area contributed by atoms with Crippen LogP contribution in [0.15, 0.2) is 22.8 Å². The van der Waals surface area contributed by atoms with Gasteiger partial charge in [-0.2, -0.15) is 0 Å². The first kappa shape index (κ1) is 13.2. The van der Waals surface area contributed by atoms with Crippen LogP contribution in [0.5, 0.6) is 0 Å². The van der Waals surface area contributed by atoms with Crippen molar-refractivity contribution in [1.29, 1.82) is 0 Å². The van der Waals surface area contributed by atoms with E-state index in [1.807, 2.05) is 13.0 Å². The first-order valence-corrected chi connectivity index (χ1v) is 6.98. The lowest BCUT2D eigenvalue weighted by Gasteiger charge is -2.10. The topological polar surface area (TPSA) is 51.5 Å². The minimum absolute atomic E-state index is 0.0307. The van der Waals surface area contributed by atoms with Crippen LogP contribution in [-0.4, -0.2) is 25.2 Å². The zero-order valence-corrected chi connectivity index (χ0v) is 11.9. The molecule has 1 aliphatic heterocycles. The Morgan fingerprint density at radius 3 is 3.00 bits per heavy atom. The lowest BCUT2D eigenvalue weighted by atomic mass is 10.0. The number of nitrogens with one attached hydrogen (secondary N) is 1. The minimum atomic E-state index is 0.0307. The van der Waals surface area contributed by atoms with Crippen molar-refractivity contribution < 1.29 is 13.9 Å². The van der Waals surface area contributed by atoms with Crippen LogP contribution in [0.25, 0.3) is 11.0 Å². The van der Waals surface area contributed by atoms with E-state index < -0.39 is 0 Å². The number of amides is 1. The Morgan fingerprint density at radius 1 is 1.40 bits per heavy atom. The highest BCUT2D eigenvalue weighted by Crippen LogP contribution is 2.26. The number of hydrogen-bond acceptors (Lipinski definition) is 3. The lowest BCUT2D eigenvalue weighted by Crippen LogP contribution is -2.35. The van der Waals surface area contributed by atoms with Crippen molar-refractivity contribution in [2.45, 2.75) is 32.7 Å². The molecule has 106 valence electrons. The summed E-state index contributed by atoms with van der Waals surface area (Å²) in [6.07, 6.45) is 2.95. The molecule has 20 heavy (non-hydrogen) atoms. The van der Waals surface area contributed by atoms with Crippen LogP contribution in [0.1, 0.15) is 23.1 Å². The number of aryl methyl sites for hydroxylation is 2. The third kappa shape index (κ3) is 2.56. The van der Waals surface area contributed by atoms with E-state index in [-0.39, 0.29) is 11.9 Å². The fourth-order valence-electron chi connectivity index (χ4n) is 2.86. The monoisotopic (exact) mass is 273 g/mol. The third-order valence-corrected chi connectivity index (χ3v) is 3.74. The fraction of sp³-hybridized carbons (Fsp3) is 0.438. The Morgan fingerprint density at radius 2 is 2.25 bits per heavy atom.